The molecule has 212 valence electrons. The highest BCUT2D eigenvalue weighted by Crippen LogP contribution is 2.31. The third kappa shape index (κ3) is 5.31. The van der Waals surface area contributed by atoms with E-state index in [1.165, 1.54) is 0 Å². The predicted octanol–water partition coefficient (Wildman–Crippen LogP) is 3.89. The number of fused-ring (bicyclic) bond motifs is 1. The number of nitrogens with two attached hydrogens (primary N) is 1. The Morgan fingerprint density at radius 1 is 1.05 bits per heavy atom. The Labute approximate surface area is 243 Å². The summed E-state index contributed by atoms with van der Waals surface area (Å²) in [5, 5.41) is 1.70. The van der Waals surface area contributed by atoms with E-state index < -0.39 is 0 Å². The molecule has 2 aliphatic heterocycles. The van der Waals surface area contributed by atoms with Gasteiger partial charge in [-0.05, 0) is 74.0 Å². The van der Waals surface area contributed by atoms with Crippen molar-refractivity contribution in [3.63, 3.8) is 0 Å². The number of H-pyrrole nitrogens is 1. The fraction of sp³-hybridized carbons (Fsp3) is 0.219. The molecule has 0 radical (unpaired) electrons. The van der Waals surface area contributed by atoms with Crippen LogP contribution in [0, 0.1) is 18.8 Å². The number of nitrogens with zero attached hydrogens (tertiary/aromatic N) is 3. The number of ether oxygens (including phenoxy) is 2. The Kier molecular flexibility index (Phi) is 7.35. The fourth-order valence-corrected chi connectivity index (χ4v) is 5.08. The van der Waals surface area contributed by atoms with Crippen molar-refractivity contribution in [3.8, 4) is 23.3 Å². The zero-order valence-corrected chi connectivity index (χ0v) is 23.4. The van der Waals surface area contributed by atoms with E-state index in [9.17, 15) is 9.59 Å². The molecule has 4 N–H and O–H groups in total. The number of rotatable bonds is 6. The number of aryl methyl sites for hydroxylation is 1. The van der Waals surface area contributed by atoms with E-state index in [2.05, 4.69) is 27.2 Å². The van der Waals surface area contributed by atoms with Gasteiger partial charge in [0.25, 0.3) is 5.91 Å². The summed E-state index contributed by atoms with van der Waals surface area (Å²) in [5.41, 5.74) is 14.4. The first-order valence-corrected chi connectivity index (χ1v) is 13.7. The Morgan fingerprint density at radius 3 is 2.64 bits per heavy atom. The van der Waals surface area contributed by atoms with Gasteiger partial charge in [0.05, 0.1) is 35.5 Å². The molecule has 1 aromatic heterocycles. The van der Waals surface area contributed by atoms with Crippen LogP contribution in [0.3, 0.4) is 0 Å². The van der Waals surface area contributed by atoms with Gasteiger partial charge in [-0.15, -0.1) is 5.92 Å². The van der Waals surface area contributed by atoms with Crippen molar-refractivity contribution in [1.29, 1.82) is 0 Å². The maximum Gasteiger partial charge on any atom is 0.254 e. The fourth-order valence-electron chi connectivity index (χ4n) is 5.08. The van der Waals surface area contributed by atoms with Gasteiger partial charge in [0.15, 0.2) is 5.82 Å². The van der Waals surface area contributed by atoms with E-state index in [1.807, 2.05) is 49.4 Å². The van der Waals surface area contributed by atoms with Crippen LogP contribution in [0.15, 0.2) is 72.1 Å². The third-order valence-electron chi connectivity index (χ3n) is 7.23. The number of hydrogen-bond donors (Lipinski definition) is 3. The number of morpholine rings is 1. The highest BCUT2D eigenvalue weighted by atomic mass is 16.5. The number of Topliss-reactive ketones (excluding diaryl/α,β-unsaturated/α-hetero) is 1. The lowest BCUT2D eigenvalue weighted by Gasteiger charge is -2.26. The normalized spacial score (nSPS) is 15.1. The van der Waals surface area contributed by atoms with Gasteiger partial charge >= 0.3 is 0 Å². The third-order valence-corrected chi connectivity index (χ3v) is 7.23. The number of ketones is 1. The van der Waals surface area contributed by atoms with E-state index >= 15 is 0 Å². The molecule has 3 heterocycles. The number of aromatic nitrogens is 2. The number of imidazole rings is 1. The number of amides is 1. The SMILES string of the molecule is CC#Cc1cccc(Oc2ccc(N3NCC(C(=O)c4nc5cc(C(=O)N6CCOCC6)ccc5[nH]4)=C3N)c(C)c2)c1. The standard InChI is InChI=1S/C32H30N6O4/c1-3-5-21-6-4-7-23(17-21)42-24-9-11-28(20(2)16-24)38-30(33)25(19-34-38)29(39)31-35-26-10-8-22(18-27(26)36-31)32(40)37-12-14-41-15-13-37/h4,6-11,16-18,34H,12-15,19,33H2,1-2H3,(H,35,36). The summed E-state index contributed by atoms with van der Waals surface area (Å²) in [6.45, 7) is 6.14. The first-order chi connectivity index (χ1) is 20.4. The molecule has 10 nitrogen and oxygen atoms in total. The molecule has 4 aromatic rings. The molecule has 0 bridgehead atoms. The van der Waals surface area contributed by atoms with Crippen LogP contribution in [0.1, 0.15) is 39.0 Å². The quantitative estimate of drug-likeness (QED) is 0.239. The largest absolute Gasteiger partial charge is 0.457 e. The zero-order valence-electron chi connectivity index (χ0n) is 23.4. The van der Waals surface area contributed by atoms with E-state index in [4.69, 9.17) is 15.2 Å². The second-order valence-electron chi connectivity index (χ2n) is 10.0. The molecule has 2 aliphatic rings. The van der Waals surface area contributed by atoms with Gasteiger partial charge in [0.1, 0.15) is 17.3 Å². The van der Waals surface area contributed by atoms with E-state index in [1.54, 1.807) is 35.0 Å². The summed E-state index contributed by atoms with van der Waals surface area (Å²) < 4.78 is 11.4. The number of benzene rings is 3. The smallest absolute Gasteiger partial charge is 0.254 e. The van der Waals surface area contributed by atoms with Gasteiger partial charge < -0.3 is 25.1 Å². The van der Waals surface area contributed by atoms with Crippen LogP contribution in [0.5, 0.6) is 11.5 Å². The zero-order chi connectivity index (χ0) is 29.2. The predicted molar refractivity (Wildman–Crippen MR) is 159 cm³/mol. The number of aromatic amines is 1. The molecule has 1 amide bonds. The molecule has 0 unspecified atom stereocenters. The van der Waals surface area contributed by atoms with E-state index in [-0.39, 0.29) is 24.1 Å². The first-order valence-electron chi connectivity index (χ1n) is 13.7. The molecule has 6 rings (SSSR count). The molecule has 0 saturated carbocycles. The number of hydrazine groups is 1. The maximum absolute atomic E-state index is 13.5. The van der Waals surface area contributed by atoms with Crippen molar-refractivity contribution in [2.45, 2.75) is 13.8 Å². The number of carbonyl (C=O) groups excluding carboxylic acids is 2. The first kappa shape index (κ1) is 27.1. The molecule has 0 atom stereocenters. The number of anilines is 1. The van der Waals surface area contributed by atoms with Gasteiger partial charge in [0, 0.05) is 30.8 Å². The summed E-state index contributed by atoms with van der Waals surface area (Å²) in [5.74, 6) is 7.36. The number of hydrogen-bond acceptors (Lipinski definition) is 8. The summed E-state index contributed by atoms with van der Waals surface area (Å²) >= 11 is 0. The highest BCUT2D eigenvalue weighted by molar-refractivity contribution is 6.09. The molecule has 3 aromatic carbocycles. The van der Waals surface area contributed by atoms with Gasteiger partial charge in [-0.25, -0.2) is 10.4 Å². The lowest BCUT2D eigenvalue weighted by molar-refractivity contribution is 0.0303. The molecular formula is C32H30N6O4. The van der Waals surface area contributed by atoms with Crippen molar-refractivity contribution in [2.75, 3.05) is 37.9 Å². The Balaban J connectivity index is 1.20. The minimum atomic E-state index is -0.313. The van der Waals surface area contributed by atoms with Crippen LogP contribution in [0.2, 0.25) is 0 Å². The molecular weight excluding hydrogens is 532 g/mol. The highest BCUT2D eigenvalue weighted by Gasteiger charge is 2.29. The minimum Gasteiger partial charge on any atom is -0.457 e. The van der Waals surface area contributed by atoms with E-state index in [0.717, 1.165) is 16.8 Å². The summed E-state index contributed by atoms with van der Waals surface area (Å²) in [6, 6.07) is 18.5. The van der Waals surface area contributed by atoms with Crippen molar-refractivity contribution in [3.05, 3.63) is 94.6 Å². The second kappa shape index (κ2) is 11.4. The van der Waals surface area contributed by atoms with Crippen molar-refractivity contribution in [2.24, 2.45) is 5.73 Å². The Bertz CT molecular complexity index is 1790. The van der Waals surface area contributed by atoms with E-state index in [0.29, 0.717) is 65.8 Å². The second-order valence-corrected chi connectivity index (χ2v) is 10.0. The van der Waals surface area contributed by atoms with Crippen molar-refractivity contribution in [1.82, 2.24) is 20.3 Å². The average molecular weight is 563 g/mol. The van der Waals surface area contributed by atoms with Gasteiger partial charge in [0.2, 0.25) is 5.78 Å². The maximum atomic E-state index is 13.5. The minimum absolute atomic E-state index is 0.0789. The molecule has 0 aliphatic carbocycles. The van der Waals surface area contributed by atoms with Crippen LogP contribution in [-0.2, 0) is 4.74 Å². The topological polar surface area (TPSA) is 126 Å². The van der Waals surface area contributed by atoms with Gasteiger partial charge in [-0.1, -0.05) is 12.0 Å². The Hall–Kier alpha value is -5.11. The van der Waals surface area contributed by atoms with Crippen LogP contribution >= 0.6 is 0 Å². The summed E-state index contributed by atoms with van der Waals surface area (Å²) in [6.07, 6.45) is 0. The number of nitrogens with one attached hydrogen (secondary N) is 2. The Morgan fingerprint density at radius 2 is 1.86 bits per heavy atom. The van der Waals surface area contributed by atoms with Crippen LogP contribution < -0.4 is 20.9 Å². The average Bonchev–Trinajstić information content (AvgIpc) is 3.60. The lowest BCUT2D eigenvalue weighted by atomic mass is 10.1. The van der Waals surface area contributed by atoms with Crippen LogP contribution in [-0.4, -0.2) is 59.4 Å². The molecule has 10 heteroatoms. The molecule has 1 saturated heterocycles. The number of carbonyl (C=O) groups is 2. The summed E-state index contributed by atoms with van der Waals surface area (Å²) in [4.78, 5) is 35.7. The summed E-state index contributed by atoms with van der Waals surface area (Å²) in [7, 11) is 0. The van der Waals surface area contributed by atoms with Gasteiger partial charge in [-0.3, -0.25) is 14.6 Å². The molecule has 0 spiro atoms. The molecule has 1 fully saturated rings. The molecule has 42 heavy (non-hydrogen) atoms. The van der Waals surface area contributed by atoms with Crippen LogP contribution in [0.25, 0.3) is 11.0 Å². The monoisotopic (exact) mass is 562 g/mol. The lowest BCUT2D eigenvalue weighted by Crippen LogP contribution is -2.40. The van der Waals surface area contributed by atoms with Gasteiger partial charge in [-0.2, -0.15) is 0 Å². The van der Waals surface area contributed by atoms with Crippen LogP contribution in [0.4, 0.5) is 5.69 Å². The van der Waals surface area contributed by atoms with Crippen molar-refractivity contribution < 1.29 is 19.1 Å². The van der Waals surface area contributed by atoms with Crippen molar-refractivity contribution >= 4 is 28.4 Å².